The summed E-state index contributed by atoms with van der Waals surface area (Å²) in [5.74, 6) is -6.83. The largest absolute Gasteiger partial charge is 0.477 e. The molecule has 0 bridgehead atoms. The molecule has 1 amide bonds. The Labute approximate surface area is 175 Å². The number of nitrogens with zero attached hydrogens (tertiary/aromatic N) is 3. The smallest absolute Gasteiger partial charge is 0.370 e. The maximum atomic E-state index is 12.6. The molecule has 14 heteroatoms. The number of Topliss-reactive ketones (excluding diaryl/α,β-unsaturated/α-hetero) is 2. The van der Waals surface area contributed by atoms with E-state index in [-0.39, 0.29) is 0 Å². The van der Waals surface area contributed by atoms with Crippen molar-refractivity contribution in [2.24, 2.45) is 5.11 Å². The van der Waals surface area contributed by atoms with Gasteiger partial charge in [0.1, 0.15) is 6.61 Å². The number of rotatable bonds is 9. The number of carbonyl (C=O) groups is 5. The Balaban J connectivity index is 3.82. The first kappa shape index (κ1) is 25.6. The van der Waals surface area contributed by atoms with Crippen LogP contribution >= 0.6 is 0 Å². The Kier molecular flexibility index (Phi) is 7.88. The molecular weight excluding hydrogens is 420 g/mol. The molecular formula is C17H22N4O10. The lowest BCUT2D eigenvalue weighted by Crippen LogP contribution is -2.75. The number of azide groups is 1. The fourth-order valence-corrected chi connectivity index (χ4v) is 3.13. The van der Waals surface area contributed by atoms with E-state index in [1.54, 1.807) is 0 Å². The summed E-state index contributed by atoms with van der Waals surface area (Å²) in [5, 5.41) is 37.3. The number of esters is 1. The van der Waals surface area contributed by atoms with Crippen molar-refractivity contribution < 1.29 is 48.8 Å². The Morgan fingerprint density at radius 3 is 2.16 bits per heavy atom. The molecule has 0 aromatic heterocycles. The van der Waals surface area contributed by atoms with Crippen LogP contribution in [0.1, 0.15) is 27.7 Å². The Morgan fingerprint density at radius 2 is 1.77 bits per heavy atom. The highest BCUT2D eigenvalue weighted by Gasteiger charge is 2.66. The van der Waals surface area contributed by atoms with E-state index < -0.39 is 71.2 Å². The van der Waals surface area contributed by atoms with Crippen molar-refractivity contribution in [3.8, 4) is 0 Å². The van der Waals surface area contributed by atoms with E-state index in [2.05, 4.69) is 20.1 Å². The van der Waals surface area contributed by atoms with E-state index >= 15 is 0 Å². The lowest BCUT2D eigenvalue weighted by Gasteiger charge is -2.48. The van der Waals surface area contributed by atoms with Crippen molar-refractivity contribution >= 4 is 29.4 Å². The third kappa shape index (κ3) is 4.99. The Hall–Kier alpha value is -3.48. The molecule has 2 unspecified atom stereocenters. The van der Waals surface area contributed by atoms with Crippen LogP contribution < -0.4 is 5.32 Å². The first-order chi connectivity index (χ1) is 14.2. The number of hydrogen-bond donors (Lipinski definition) is 4. The highest BCUT2D eigenvalue weighted by atomic mass is 16.6. The zero-order valence-electron chi connectivity index (χ0n) is 17.1. The van der Waals surface area contributed by atoms with Gasteiger partial charge >= 0.3 is 11.9 Å². The van der Waals surface area contributed by atoms with Gasteiger partial charge in [0.2, 0.25) is 17.3 Å². The second kappa shape index (κ2) is 9.55. The monoisotopic (exact) mass is 442 g/mol. The van der Waals surface area contributed by atoms with Crippen molar-refractivity contribution in [3.05, 3.63) is 22.3 Å². The van der Waals surface area contributed by atoms with Crippen molar-refractivity contribution in [1.29, 1.82) is 0 Å². The average molecular weight is 442 g/mol. The summed E-state index contributed by atoms with van der Waals surface area (Å²) in [6.07, 6.45) is -1.33. The Morgan fingerprint density at radius 1 is 1.19 bits per heavy atom. The van der Waals surface area contributed by atoms with Crippen LogP contribution in [0.15, 0.2) is 16.9 Å². The zero-order chi connectivity index (χ0) is 24.1. The highest BCUT2D eigenvalue weighted by molar-refractivity contribution is 5.98. The molecule has 4 N–H and O–H groups in total. The van der Waals surface area contributed by atoms with Gasteiger partial charge in [-0.2, -0.15) is 0 Å². The van der Waals surface area contributed by atoms with Gasteiger partial charge in [0.25, 0.3) is 0 Å². The summed E-state index contributed by atoms with van der Waals surface area (Å²) in [4.78, 5) is 61.9. The van der Waals surface area contributed by atoms with Gasteiger partial charge in [-0.1, -0.05) is 5.11 Å². The van der Waals surface area contributed by atoms with Crippen LogP contribution in [-0.2, 0) is 33.4 Å². The predicted molar refractivity (Wildman–Crippen MR) is 99.0 cm³/mol. The van der Waals surface area contributed by atoms with Crippen molar-refractivity contribution in [3.63, 3.8) is 0 Å². The fourth-order valence-electron chi connectivity index (χ4n) is 3.13. The first-order valence-electron chi connectivity index (χ1n) is 8.75. The molecule has 1 aliphatic heterocycles. The van der Waals surface area contributed by atoms with Gasteiger partial charge < -0.3 is 30.1 Å². The summed E-state index contributed by atoms with van der Waals surface area (Å²) < 4.78 is 9.85. The summed E-state index contributed by atoms with van der Waals surface area (Å²) in [5.41, 5.74) is 2.46. The van der Waals surface area contributed by atoms with Crippen LogP contribution in [0.4, 0.5) is 0 Å². The molecule has 5 atom stereocenters. The van der Waals surface area contributed by atoms with Gasteiger partial charge in [0.15, 0.2) is 23.3 Å². The third-order valence-corrected chi connectivity index (χ3v) is 4.68. The summed E-state index contributed by atoms with van der Waals surface area (Å²) in [7, 11) is 0. The van der Waals surface area contributed by atoms with E-state index in [1.165, 1.54) is 0 Å². The quantitative estimate of drug-likeness (QED) is 0.143. The standard InChI is InChI=1S/C17H22N4O10/c1-7(22)16(28,6-30-10(4)25)17(29,8(2)23)14-13(19-9(3)24)11(20-21-18)5-12(31-14)15(26)27/h5,11,13-14,28-29H,6H2,1-4H3,(H,19,24)(H,26,27)/t11-,13+,14+,16?,17?/m0/s1. The second-order valence-electron chi connectivity index (χ2n) is 6.82. The lowest BCUT2D eigenvalue weighted by molar-refractivity contribution is -0.223. The predicted octanol–water partition coefficient (Wildman–Crippen LogP) is -1.26. The second-order valence-corrected chi connectivity index (χ2v) is 6.82. The summed E-state index contributed by atoms with van der Waals surface area (Å²) in [6.45, 7) is 2.32. The number of nitrogens with one attached hydrogen (secondary N) is 1. The molecule has 0 saturated heterocycles. The van der Waals surface area contributed by atoms with E-state index in [9.17, 15) is 39.3 Å². The van der Waals surface area contributed by atoms with E-state index in [4.69, 9.17) is 10.3 Å². The van der Waals surface area contributed by atoms with Crippen molar-refractivity contribution in [2.75, 3.05) is 6.61 Å². The molecule has 0 aromatic rings. The van der Waals surface area contributed by atoms with E-state index in [0.717, 1.165) is 33.8 Å². The number of carboxylic acid groups (broad SMARTS) is 1. The number of ketones is 2. The van der Waals surface area contributed by atoms with Gasteiger partial charge in [-0.3, -0.25) is 19.2 Å². The van der Waals surface area contributed by atoms with E-state index in [0.29, 0.717) is 0 Å². The fraction of sp³-hybridized carbons (Fsp3) is 0.588. The van der Waals surface area contributed by atoms with Gasteiger partial charge in [0.05, 0.1) is 12.1 Å². The third-order valence-electron chi connectivity index (χ3n) is 4.68. The molecule has 0 fully saturated rings. The number of carbonyl (C=O) groups excluding carboxylic acids is 4. The van der Waals surface area contributed by atoms with Gasteiger partial charge in [-0.05, 0) is 25.5 Å². The molecule has 0 spiro atoms. The number of amides is 1. The van der Waals surface area contributed by atoms with Crippen molar-refractivity contribution in [1.82, 2.24) is 5.32 Å². The van der Waals surface area contributed by atoms with Crippen LogP contribution in [0.25, 0.3) is 10.4 Å². The van der Waals surface area contributed by atoms with Gasteiger partial charge in [-0.15, -0.1) is 0 Å². The van der Waals surface area contributed by atoms with Crippen LogP contribution in [0, 0.1) is 0 Å². The molecule has 0 saturated carbocycles. The van der Waals surface area contributed by atoms with Crippen LogP contribution in [0.3, 0.4) is 0 Å². The highest BCUT2D eigenvalue weighted by Crippen LogP contribution is 2.37. The zero-order valence-corrected chi connectivity index (χ0v) is 17.1. The minimum Gasteiger partial charge on any atom is -0.477 e. The molecule has 170 valence electrons. The SMILES string of the molecule is CC(=O)N[C@@H]1[C@@H](N=[N+]=[N-])C=C(C(=O)O)O[C@H]1C(O)(C(C)=O)C(O)(COC(C)=O)C(C)=O. The number of hydrogen-bond acceptors (Lipinski definition) is 10. The maximum Gasteiger partial charge on any atom is 0.370 e. The molecule has 0 aromatic carbocycles. The number of aliphatic hydroxyl groups is 2. The average Bonchev–Trinajstić information content (AvgIpc) is 2.65. The van der Waals surface area contributed by atoms with E-state index in [1.807, 2.05) is 0 Å². The minimum absolute atomic E-state index is 0.761. The van der Waals surface area contributed by atoms with Crippen LogP contribution in [-0.4, -0.2) is 80.7 Å². The molecule has 1 aliphatic rings. The molecule has 1 rings (SSSR count). The summed E-state index contributed by atoms with van der Waals surface area (Å²) >= 11 is 0. The van der Waals surface area contributed by atoms with Gasteiger partial charge in [-0.25, -0.2) is 4.79 Å². The number of carboxylic acids is 1. The van der Waals surface area contributed by atoms with Crippen molar-refractivity contribution in [2.45, 2.75) is 57.1 Å². The molecule has 1 heterocycles. The Bertz CT molecular complexity index is 880. The molecule has 0 aliphatic carbocycles. The topological polar surface area (TPSA) is 225 Å². The van der Waals surface area contributed by atoms with Gasteiger partial charge in [0, 0.05) is 18.8 Å². The maximum absolute atomic E-state index is 12.6. The molecule has 31 heavy (non-hydrogen) atoms. The summed E-state index contributed by atoms with van der Waals surface area (Å²) in [6, 6.07) is -3.11. The number of ether oxygens (including phenoxy) is 2. The molecule has 0 radical (unpaired) electrons. The molecule has 14 nitrogen and oxygen atoms in total. The normalized spacial score (nSPS) is 24.1. The lowest BCUT2D eigenvalue weighted by atomic mass is 9.70. The van der Waals surface area contributed by atoms with Crippen LogP contribution in [0.5, 0.6) is 0 Å². The first-order valence-corrected chi connectivity index (χ1v) is 8.75. The minimum atomic E-state index is -3.25. The van der Waals surface area contributed by atoms with Crippen LogP contribution in [0.2, 0.25) is 0 Å². The number of aliphatic carboxylic acids is 1.